The molecule has 0 aliphatic carbocycles. The molecule has 3 aromatic rings. The zero-order valence-electron chi connectivity index (χ0n) is 10.3. The molecule has 2 nitrogen and oxygen atoms in total. The summed E-state index contributed by atoms with van der Waals surface area (Å²) in [5, 5.41) is 2.28. The summed E-state index contributed by atoms with van der Waals surface area (Å²) in [7, 11) is 0. The molecule has 0 fully saturated rings. The van der Waals surface area contributed by atoms with Crippen LogP contribution in [0.4, 0.5) is 0 Å². The zero-order valence-corrected chi connectivity index (χ0v) is 10.3. The van der Waals surface area contributed by atoms with E-state index >= 15 is 0 Å². The molecule has 0 radical (unpaired) electrons. The van der Waals surface area contributed by atoms with Gasteiger partial charge in [0.05, 0.1) is 0 Å². The Hall–Kier alpha value is -2.48. The Morgan fingerprint density at radius 1 is 0.737 bits per heavy atom. The largest absolute Gasteiger partial charge is 0.454 e. The summed E-state index contributed by atoms with van der Waals surface area (Å²) in [4.78, 5) is 0. The SMILES string of the molecule is c1ccc(-c2ccc3c4c(ccc3c2)OCO4)cc1. The maximum absolute atomic E-state index is 5.54. The van der Waals surface area contributed by atoms with Crippen LogP contribution in [0.2, 0.25) is 0 Å². The first-order valence-corrected chi connectivity index (χ1v) is 6.29. The average molecular weight is 248 g/mol. The summed E-state index contributed by atoms with van der Waals surface area (Å²) < 4.78 is 10.9. The number of rotatable bonds is 1. The van der Waals surface area contributed by atoms with E-state index in [9.17, 15) is 0 Å². The van der Waals surface area contributed by atoms with E-state index in [1.54, 1.807) is 0 Å². The summed E-state index contributed by atoms with van der Waals surface area (Å²) >= 11 is 0. The first kappa shape index (κ1) is 10.4. The smallest absolute Gasteiger partial charge is 0.231 e. The van der Waals surface area contributed by atoms with E-state index in [4.69, 9.17) is 9.47 Å². The highest BCUT2D eigenvalue weighted by Crippen LogP contribution is 2.40. The Morgan fingerprint density at radius 2 is 1.63 bits per heavy atom. The molecule has 0 N–H and O–H groups in total. The summed E-state index contributed by atoms with van der Waals surface area (Å²) in [6.45, 7) is 0.314. The highest BCUT2D eigenvalue weighted by Gasteiger charge is 2.16. The van der Waals surface area contributed by atoms with Crippen molar-refractivity contribution < 1.29 is 9.47 Å². The average Bonchev–Trinajstić information content (AvgIpc) is 2.96. The van der Waals surface area contributed by atoms with E-state index in [2.05, 4.69) is 48.5 Å². The molecule has 19 heavy (non-hydrogen) atoms. The van der Waals surface area contributed by atoms with E-state index in [0.717, 1.165) is 16.9 Å². The van der Waals surface area contributed by atoms with Crippen molar-refractivity contribution in [3.63, 3.8) is 0 Å². The Morgan fingerprint density at radius 3 is 2.53 bits per heavy atom. The van der Waals surface area contributed by atoms with Crippen molar-refractivity contribution in [2.45, 2.75) is 0 Å². The van der Waals surface area contributed by atoms with Gasteiger partial charge in [-0.1, -0.05) is 42.5 Å². The molecule has 3 aromatic carbocycles. The third-order valence-corrected chi connectivity index (χ3v) is 3.46. The fraction of sp³-hybridized carbons (Fsp3) is 0.0588. The third-order valence-electron chi connectivity index (χ3n) is 3.46. The fourth-order valence-electron chi connectivity index (χ4n) is 2.51. The predicted octanol–water partition coefficient (Wildman–Crippen LogP) is 4.24. The van der Waals surface area contributed by atoms with Crippen LogP contribution in [0.1, 0.15) is 0 Å². The first-order chi connectivity index (χ1) is 9.42. The molecule has 92 valence electrons. The van der Waals surface area contributed by atoms with Crippen molar-refractivity contribution in [2.24, 2.45) is 0 Å². The second kappa shape index (κ2) is 4.02. The molecule has 2 heteroatoms. The van der Waals surface area contributed by atoms with Crippen molar-refractivity contribution >= 4 is 10.8 Å². The zero-order chi connectivity index (χ0) is 12.7. The van der Waals surface area contributed by atoms with Crippen LogP contribution in [0.3, 0.4) is 0 Å². The number of ether oxygens (including phenoxy) is 2. The van der Waals surface area contributed by atoms with Gasteiger partial charge < -0.3 is 9.47 Å². The normalized spacial score (nSPS) is 12.8. The Kier molecular flexibility index (Phi) is 2.21. The molecule has 1 aliphatic rings. The van der Waals surface area contributed by atoms with E-state index in [1.165, 1.54) is 16.5 Å². The van der Waals surface area contributed by atoms with E-state index in [-0.39, 0.29) is 0 Å². The predicted molar refractivity (Wildman–Crippen MR) is 75.5 cm³/mol. The maximum atomic E-state index is 5.54. The van der Waals surface area contributed by atoms with Gasteiger partial charge >= 0.3 is 0 Å². The maximum Gasteiger partial charge on any atom is 0.231 e. The standard InChI is InChI=1S/C17H12O2/c1-2-4-12(5-3-1)13-6-8-15-14(10-13)7-9-16-17(15)19-11-18-16/h1-10H,11H2. The fourth-order valence-corrected chi connectivity index (χ4v) is 2.51. The van der Waals surface area contributed by atoms with Crippen molar-refractivity contribution in [3.05, 3.63) is 60.7 Å². The summed E-state index contributed by atoms with van der Waals surface area (Å²) in [5.41, 5.74) is 2.44. The lowest BCUT2D eigenvalue weighted by Gasteiger charge is -2.06. The number of fused-ring (bicyclic) bond motifs is 3. The van der Waals surface area contributed by atoms with Gasteiger partial charge in [0.2, 0.25) is 6.79 Å². The van der Waals surface area contributed by atoms with Gasteiger partial charge in [-0.25, -0.2) is 0 Å². The highest BCUT2D eigenvalue weighted by atomic mass is 16.7. The quantitative estimate of drug-likeness (QED) is 0.641. The third kappa shape index (κ3) is 1.65. The molecule has 0 saturated heterocycles. The van der Waals surface area contributed by atoms with Crippen LogP contribution in [0, 0.1) is 0 Å². The molecule has 0 amide bonds. The molecular weight excluding hydrogens is 236 g/mol. The van der Waals surface area contributed by atoms with E-state index in [0.29, 0.717) is 6.79 Å². The minimum Gasteiger partial charge on any atom is -0.454 e. The van der Waals surface area contributed by atoms with Crippen molar-refractivity contribution in [1.29, 1.82) is 0 Å². The van der Waals surface area contributed by atoms with Crippen molar-refractivity contribution in [1.82, 2.24) is 0 Å². The topological polar surface area (TPSA) is 18.5 Å². The second-order valence-corrected chi connectivity index (χ2v) is 4.60. The number of benzene rings is 3. The van der Waals surface area contributed by atoms with Crippen molar-refractivity contribution in [3.8, 4) is 22.6 Å². The van der Waals surface area contributed by atoms with Crippen LogP contribution in [-0.2, 0) is 0 Å². The second-order valence-electron chi connectivity index (χ2n) is 4.60. The van der Waals surface area contributed by atoms with Crippen LogP contribution in [0.5, 0.6) is 11.5 Å². The monoisotopic (exact) mass is 248 g/mol. The molecule has 0 bridgehead atoms. The Labute approximate surface area is 111 Å². The molecule has 0 atom stereocenters. The summed E-state index contributed by atoms with van der Waals surface area (Å²) in [6.07, 6.45) is 0. The van der Waals surface area contributed by atoms with Gasteiger partial charge in [-0.3, -0.25) is 0 Å². The molecule has 0 unspecified atom stereocenters. The van der Waals surface area contributed by atoms with Gasteiger partial charge in [0.15, 0.2) is 11.5 Å². The Balaban J connectivity index is 1.92. The highest BCUT2D eigenvalue weighted by molar-refractivity contribution is 5.94. The van der Waals surface area contributed by atoms with Crippen LogP contribution >= 0.6 is 0 Å². The molecule has 0 spiro atoms. The lowest BCUT2D eigenvalue weighted by molar-refractivity contribution is 0.175. The molecular formula is C17H12O2. The van der Waals surface area contributed by atoms with E-state index < -0.39 is 0 Å². The molecule has 1 heterocycles. The van der Waals surface area contributed by atoms with Gasteiger partial charge in [0.1, 0.15) is 0 Å². The first-order valence-electron chi connectivity index (χ1n) is 6.29. The van der Waals surface area contributed by atoms with Crippen molar-refractivity contribution in [2.75, 3.05) is 6.79 Å². The summed E-state index contributed by atoms with van der Waals surface area (Å²) in [6, 6.07) is 20.8. The van der Waals surface area contributed by atoms with Gasteiger partial charge in [0, 0.05) is 5.39 Å². The van der Waals surface area contributed by atoms with Gasteiger partial charge in [-0.05, 0) is 34.7 Å². The van der Waals surface area contributed by atoms with Gasteiger partial charge in [-0.15, -0.1) is 0 Å². The minimum absolute atomic E-state index is 0.314. The molecule has 0 saturated carbocycles. The van der Waals surface area contributed by atoms with Gasteiger partial charge in [0.25, 0.3) is 0 Å². The lowest BCUT2D eigenvalue weighted by Crippen LogP contribution is -1.93. The lowest BCUT2D eigenvalue weighted by atomic mass is 10.0. The van der Waals surface area contributed by atoms with Crippen LogP contribution in [-0.4, -0.2) is 6.79 Å². The van der Waals surface area contributed by atoms with Crippen LogP contribution < -0.4 is 9.47 Å². The number of hydrogen-bond acceptors (Lipinski definition) is 2. The molecule has 4 rings (SSSR count). The van der Waals surface area contributed by atoms with Crippen LogP contribution in [0.25, 0.3) is 21.9 Å². The van der Waals surface area contributed by atoms with Gasteiger partial charge in [-0.2, -0.15) is 0 Å². The van der Waals surface area contributed by atoms with Crippen LogP contribution in [0.15, 0.2) is 60.7 Å². The summed E-state index contributed by atoms with van der Waals surface area (Å²) in [5.74, 6) is 1.69. The molecule has 0 aromatic heterocycles. The number of hydrogen-bond donors (Lipinski definition) is 0. The molecule has 1 aliphatic heterocycles. The minimum atomic E-state index is 0.314. The van der Waals surface area contributed by atoms with E-state index in [1.807, 2.05) is 12.1 Å². The Bertz CT molecular complexity index is 748.